The van der Waals surface area contributed by atoms with Gasteiger partial charge in [0.1, 0.15) is 6.04 Å². The van der Waals surface area contributed by atoms with Gasteiger partial charge in [-0.1, -0.05) is 0 Å². The number of amides is 1. The summed E-state index contributed by atoms with van der Waals surface area (Å²) in [5, 5.41) is 4.85. The Hall–Kier alpha value is -1.79. The van der Waals surface area contributed by atoms with Gasteiger partial charge >= 0.3 is 0 Å². The second kappa shape index (κ2) is 5.51. The van der Waals surface area contributed by atoms with E-state index in [-0.39, 0.29) is 0 Å². The molecule has 0 bridgehead atoms. The summed E-state index contributed by atoms with van der Waals surface area (Å²) < 4.78 is 38.5. The van der Waals surface area contributed by atoms with E-state index in [1.165, 1.54) is 6.92 Å². The van der Waals surface area contributed by atoms with Gasteiger partial charge in [0.05, 0.1) is 0 Å². The van der Waals surface area contributed by atoms with Crippen molar-refractivity contribution in [2.75, 3.05) is 11.9 Å². The highest BCUT2D eigenvalue weighted by Gasteiger charge is 2.17. The smallest absolute Gasteiger partial charge is 0.251 e. The lowest BCUT2D eigenvalue weighted by Gasteiger charge is -2.14. The van der Waals surface area contributed by atoms with Gasteiger partial charge in [-0.05, 0) is 13.8 Å². The number of anilines is 1. The van der Waals surface area contributed by atoms with Crippen molar-refractivity contribution in [3.8, 4) is 0 Å². The third-order valence-electron chi connectivity index (χ3n) is 1.98. The minimum absolute atomic E-state index is 0.370. The average molecular weight is 247 g/mol. The van der Waals surface area contributed by atoms with Crippen LogP contribution in [0.5, 0.6) is 0 Å². The van der Waals surface area contributed by atoms with E-state index in [1.54, 1.807) is 6.92 Å². The van der Waals surface area contributed by atoms with E-state index >= 15 is 0 Å². The first kappa shape index (κ1) is 13.3. The largest absolute Gasteiger partial charge is 0.356 e. The highest BCUT2D eigenvalue weighted by atomic mass is 19.2. The van der Waals surface area contributed by atoms with Crippen molar-refractivity contribution in [1.29, 1.82) is 0 Å². The summed E-state index contributed by atoms with van der Waals surface area (Å²) in [5.74, 6) is -4.74. The van der Waals surface area contributed by atoms with Crippen LogP contribution in [-0.2, 0) is 4.79 Å². The summed E-state index contributed by atoms with van der Waals surface area (Å²) in [6.45, 7) is 3.59. The number of nitrogens with one attached hydrogen (secondary N) is 2. The number of pyridine rings is 1. The first-order valence-corrected chi connectivity index (χ1v) is 5.01. The maximum absolute atomic E-state index is 13.2. The zero-order chi connectivity index (χ0) is 13.0. The number of carbonyl (C=O) groups is 1. The van der Waals surface area contributed by atoms with Gasteiger partial charge in [-0.2, -0.15) is 9.37 Å². The molecule has 1 aromatic rings. The van der Waals surface area contributed by atoms with E-state index in [0.717, 1.165) is 0 Å². The Bertz CT molecular complexity index is 426. The van der Waals surface area contributed by atoms with E-state index < -0.39 is 35.3 Å². The summed E-state index contributed by atoms with van der Waals surface area (Å²) in [5.41, 5.74) is 0. The number of likely N-dealkylation sites (N-methyl/N-ethyl adjacent to an activating group) is 1. The average Bonchev–Trinajstić information content (AvgIpc) is 2.26. The zero-order valence-electron chi connectivity index (χ0n) is 9.35. The van der Waals surface area contributed by atoms with Crippen molar-refractivity contribution in [2.24, 2.45) is 0 Å². The van der Waals surface area contributed by atoms with Crippen LogP contribution in [0.1, 0.15) is 13.8 Å². The van der Waals surface area contributed by atoms with Crippen LogP contribution in [-0.4, -0.2) is 23.5 Å². The van der Waals surface area contributed by atoms with Gasteiger partial charge in [-0.3, -0.25) is 4.79 Å². The minimum Gasteiger partial charge on any atom is -0.356 e. The highest BCUT2D eigenvalue weighted by molar-refractivity contribution is 5.83. The molecule has 0 aromatic carbocycles. The molecule has 0 aliphatic carbocycles. The highest BCUT2D eigenvalue weighted by Crippen LogP contribution is 2.15. The molecule has 0 aliphatic rings. The van der Waals surface area contributed by atoms with Gasteiger partial charge in [-0.25, -0.2) is 8.78 Å². The van der Waals surface area contributed by atoms with Crippen LogP contribution in [0.3, 0.4) is 0 Å². The van der Waals surface area contributed by atoms with Crippen LogP contribution < -0.4 is 10.6 Å². The molecule has 1 rings (SSSR count). The maximum Gasteiger partial charge on any atom is 0.251 e. The fourth-order valence-corrected chi connectivity index (χ4v) is 1.14. The quantitative estimate of drug-likeness (QED) is 0.791. The molecule has 1 atom stereocenters. The Labute approximate surface area is 96.2 Å². The van der Waals surface area contributed by atoms with Crippen molar-refractivity contribution >= 4 is 11.7 Å². The van der Waals surface area contributed by atoms with Crippen molar-refractivity contribution < 1.29 is 18.0 Å². The second-order valence-electron chi connectivity index (χ2n) is 3.35. The monoisotopic (exact) mass is 247 g/mol. The Morgan fingerprint density at radius 1 is 1.41 bits per heavy atom. The van der Waals surface area contributed by atoms with E-state index in [4.69, 9.17) is 0 Å². The molecule has 0 saturated carbocycles. The van der Waals surface area contributed by atoms with Gasteiger partial charge in [-0.15, -0.1) is 0 Å². The normalized spacial score (nSPS) is 12.1. The predicted molar refractivity (Wildman–Crippen MR) is 55.9 cm³/mol. The molecule has 0 aliphatic heterocycles. The van der Waals surface area contributed by atoms with Crippen LogP contribution in [0, 0.1) is 17.6 Å². The van der Waals surface area contributed by atoms with Gasteiger partial charge in [0.15, 0.2) is 17.5 Å². The summed E-state index contributed by atoms with van der Waals surface area (Å²) in [4.78, 5) is 14.4. The zero-order valence-corrected chi connectivity index (χ0v) is 9.35. The molecule has 1 aromatic heterocycles. The fourth-order valence-electron chi connectivity index (χ4n) is 1.14. The van der Waals surface area contributed by atoms with Crippen LogP contribution in [0.4, 0.5) is 19.0 Å². The maximum atomic E-state index is 13.2. The second-order valence-corrected chi connectivity index (χ2v) is 3.35. The fraction of sp³-hybridized carbons (Fsp3) is 0.400. The number of carbonyl (C=O) groups excluding carboxylic acids is 1. The van der Waals surface area contributed by atoms with Gasteiger partial charge < -0.3 is 10.6 Å². The molecule has 2 N–H and O–H groups in total. The number of rotatable bonds is 4. The molecule has 1 heterocycles. The van der Waals surface area contributed by atoms with Crippen LogP contribution in [0.15, 0.2) is 6.07 Å². The summed E-state index contributed by atoms with van der Waals surface area (Å²) in [6.07, 6.45) is 0. The molecule has 4 nitrogen and oxygen atoms in total. The number of aromatic nitrogens is 1. The van der Waals surface area contributed by atoms with Crippen molar-refractivity contribution in [2.45, 2.75) is 19.9 Å². The summed E-state index contributed by atoms with van der Waals surface area (Å²) in [7, 11) is 0. The first-order valence-electron chi connectivity index (χ1n) is 5.01. The molecule has 0 saturated heterocycles. The third-order valence-corrected chi connectivity index (χ3v) is 1.98. The van der Waals surface area contributed by atoms with E-state index in [9.17, 15) is 18.0 Å². The van der Waals surface area contributed by atoms with Gasteiger partial charge in [0.25, 0.3) is 5.95 Å². The Kier molecular flexibility index (Phi) is 4.30. The molecule has 0 spiro atoms. The summed E-state index contributed by atoms with van der Waals surface area (Å²) >= 11 is 0. The Morgan fingerprint density at radius 3 is 2.65 bits per heavy atom. The van der Waals surface area contributed by atoms with Gasteiger partial charge in [0.2, 0.25) is 5.91 Å². The Morgan fingerprint density at radius 2 is 2.06 bits per heavy atom. The van der Waals surface area contributed by atoms with Gasteiger partial charge in [0, 0.05) is 12.6 Å². The summed E-state index contributed by atoms with van der Waals surface area (Å²) in [6, 6.07) is -0.434. The molecule has 7 heteroatoms. The SMILES string of the molecule is CCNC(=O)C(C)Nc1nc(F)c(F)cc1F. The standard InChI is InChI=1S/C10H12F3N3O/c1-3-14-10(17)5(2)15-9-7(12)4-6(11)8(13)16-9/h4-5H,3H2,1-2H3,(H,14,17)(H,15,16). The molecule has 0 radical (unpaired) electrons. The van der Waals surface area contributed by atoms with E-state index in [1.807, 2.05) is 0 Å². The van der Waals surface area contributed by atoms with Crippen LogP contribution in [0.25, 0.3) is 0 Å². The lowest BCUT2D eigenvalue weighted by Crippen LogP contribution is -2.37. The Balaban J connectivity index is 2.81. The predicted octanol–water partition coefficient (Wildman–Crippen LogP) is 1.44. The number of hydrogen-bond acceptors (Lipinski definition) is 3. The molecule has 17 heavy (non-hydrogen) atoms. The number of hydrogen-bond donors (Lipinski definition) is 2. The molecular weight excluding hydrogens is 235 g/mol. The van der Waals surface area contributed by atoms with Crippen molar-refractivity contribution in [3.63, 3.8) is 0 Å². The topological polar surface area (TPSA) is 54.0 Å². The van der Waals surface area contributed by atoms with Crippen molar-refractivity contribution in [3.05, 3.63) is 23.6 Å². The number of halogens is 3. The number of nitrogens with zero attached hydrogens (tertiary/aromatic N) is 1. The van der Waals surface area contributed by atoms with Crippen LogP contribution >= 0.6 is 0 Å². The van der Waals surface area contributed by atoms with Crippen LogP contribution in [0.2, 0.25) is 0 Å². The lowest BCUT2D eigenvalue weighted by molar-refractivity contribution is -0.121. The third kappa shape index (κ3) is 3.33. The molecule has 94 valence electrons. The molecular formula is C10H12F3N3O. The molecule has 0 fully saturated rings. The van der Waals surface area contributed by atoms with Crippen molar-refractivity contribution in [1.82, 2.24) is 10.3 Å². The lowest BCUT2D eigenvalue weighted by atomic mass is 10.3. The first-order chi connectivity index (χ1) is 7.95. The molecule has 1 unspecified atom stereocenters. The molecule has 1 amide bonds. The minimum atomic E-state index is -1.42. The van der Waals surface area contributed by atoms with E-state index in [2.05, 4.69) is 15.6 Å². The van der Waals surface area contributed by atoms with E-state index in [0.29, 0.717) is 12.6 Å².